The predicted molar refractivity (Wildman–Crippen MR) is 141 cm³/mol. The van der Waals surface area contributed by atoms with Crippen molar-refractivity contribution in [3.63, 3.8) is 0 Å². The summed E-state index contributed by atoms with van der Waals surface area (Å²) in [6.07, 6.45) is 5.52. The highest BCUT2D eigenvalue weighted by atomic mass is 35.5. The molecule has 1 aromatic carbocycles. The van der Waals surface area contributed by atoms with E-state index in [1.54, 1.807) is 18.2 Å². The molecule has 198 valence electrons. The second kappa shape index (κ2) is 11.5. The van der Waals surface area contributed by atoms with Crippen LogP contribution in [0.4, 0.5) is 15.8 Å². The van der Waals surface area contributed by atoms with Crippen LogP contribution in [-0.4, -0.2) is 67.6 Å². The van der Waals surface area contributed by atoms with Crippen LogP contribution in [0.15, 0.2) is 30.3 Å². The summed E-state index contributed by atoms with van der Waals surface area (Å²) < 4.78 is 20.6. The summed E-state index contributed by atoms with van der Waals surface area (Å²) in [6.45, 7) is 1.46. The second-order valence-electron chi connectivity index (χ2n) is 9.81. The molecule has 8 nitrogen and oxygen atoms in total. The van der Waals surface area contributed by atoms with Gasteiger partial charge in [0, 0.05) is 31.4 Å². The number of benzene rings is 1. The van der Waals surface area contributed by atoms with Gasteiger partial charge >= 0.3 is 0 Å². The van der Waals surface area contributed by atoms with Crippen molar-refractivity contribution in [1.29, 1.82) is 0 Å². The van der Waals surface area contributed by atoms with Gasteiger partial charge in [-0.05, 0) is 61.9 Å². The van der Waals surface area contributed by atoms with E-state index in [4.69, 9.17) is 16.3 Å². The zero-order chi connectivity index (χ0) is 25.9. The molecule has 1 atom stereocenters. The molecule has 0 bridgehead atoms. The molecule has 0 radical (unpaired) electrons. The SMILES string of the molecule is O=C(NC[C@H](C(=O)Nc1ccc(N2CCOCC2=O)c(F)c1)N(CC1CCC1)C1CC1)c1ccc(Cl)s1. The molecule has 1 saturated heterocycles. The van der Waals surface area contributed by atoms with E-state index in [2.05, 4.69) is 15.5 Å². The van der Waals surface area contributed by atoms with Crippen LogP contribution in [0.25, 0.3) is 0 Å². The first-order chi connectivity index (χ1) is 17.9. The van der Waals surface area contributed by atoms with Gasteiger partial charge in [-0.15, -0.1) is 11.3 Å². The number of halogens is 2. The molecular formula is C26H30ClFN4O4S. The first-order valence-electron chi connectivity index (χ1n) is 12.7. The first kappa shape index (κ1) is 26.1. The van der Waals surface area contributed by atoms with Crippen molar-refractivity contribution in [2.75, 3.05) is 43.1 Å². The summed E-state index contributed by atoms with van der Waals surface area (Å²) in [5.74, 6) is -0.933. The van der Waals surface area contributed by atoms with Gasteiger partial charge in [0.15, 0.2) is 0 Å². The van der Waals surface area contributed by atoms with Crippen molar-refractivity contribution in [2.45, 2.75) is 44.2 Å². The zero-order valence-electron chi connectivity index (χ0n) is 20.4. The minimum atomic E-state index is -0.601. The van der Waals surface area contributed by atoms with E-state index in [1.807, 2.05) is 0 Å². The summed E-state index contributed by atoms with van der Waals surface area (Å²) in [5, 5.41) is 5.75. The molecule has 0 spiro atoms. The number of hydrogen-bond acceptors (Lipinski definition) is 6. The van der Waals surface area contributed by atoms with Crippen LogP contribution in [0.3, 0.4) is 0 Å². The molecule has 3 fully saturated rings. The third-order valence-electron chi connectivity index (χ3n) is 7.16. The first-order valence-corrected chi connectivity index (χ1v) is 13.9. The van der Waals surface area contributed by atoms with Gasteiger partial charge in [0.2, 0.25) is 5.91 Å². The van der Waals surface area contributed by atoms with Gasteiger partial charge in [0.25, 0.3) is 11.8 Å². The molecule has 37 heavy (non-hydrogen) atoms. The maximum Gasteiger partial charge on any atom is 0.261 e. The Morgan fingerprint density at radius 1 is 1.22 bits per heavy atom. The Balaban J connectivity index is 1.31. The number of carbonyl (C=O) groups excluding carboxylic acids is 3. The lowest BCUT2D eigenvalue weighted by atomic mass is 9.84. The van der Waals surface area contributed by atoms with E-state index in [-0.39, 0.29) is 43.1 Å². The number of nitrogens with one attached hydrogen (secondary N) is 2. The minimum absolute atomic E-state index is 0.0823. The number of hydrogen-bond donors (Lipinski definition) is 2. The van der Waals surface area contributed by atoms with Crippen molar-refractivity contribution < 1.29 is 23.5 Å². The number of morpholine rings is 1. The number of carbonyl (C=O) groups is 3. The molecule has 11 heteroatoms. The smallest absolute Gasteiger partial charge is 0.261 e. The fraction of sp³-hybridized carbons (Fsp3) is 0.500. The Morgan fingerprint density at radius 2 is 2.03 bits per heavy atom. The van der Waals surface area contributed by atoms with Gasteiger partial charge in [-0.25, -0.2) is 4.39 Å². The maximum absolute atomic E-state index is 15.0. The molecule has 5 rings (SSSR count). The van der Waals surface area contributed by atoms with E-state index < -0.39 is 11.9 Å². The van der Waals surface area contributed by atoms with E-state index in [0.29, 0.717) is 33.5 Å². The lowest BCUT2D eigenvalue weighted by Gasteiger charge is -2.37. The number of anilines is 2. The number of thiophene rings is 1. The highest BCUT2D eigenvalue weighted by molar-refractivity contribution is 7.18. The number of nitrogens with zero attached hydrogens (tertiary/aromatic N) is 2. The Kier molecular flexibility index (Phi) is 8.09. The highest BCUT2D eigenvalue weighted by Gasteiger charge is 2.39. The molecule has 3 aliphatic rings. The second-order valence-corrected chi connectivity index (χ2v) is 11.5. The number of ether oxygens (including phenoxy) is 1. The third-order valence-corrected chi connectivity index (χ3v) is 8.39. The van der Waals surface area contributed by atoms with E-state index >= 15 is 0 Å². The summed E-state index contributed by atoms with van der Waals surface area (Å²) in [6, 6.07) is 7.35. The van der Waals surface area contributed by atoms with Crippen molar-refractivity contribution in [1.82, 2.24) is 10.2 Å². The average molecular weight is 549 g/mol. The molecule has 2 aliphatic carbocycles. The largest absolute Gasteiger partial charge is 0.370 e. The zero-order valence-corrected chi connectivity index (χ0v) is 22.0. The van der Waals surface area contributed by atoms with Gasteiger partial charge in [0.05, 0.1) is 21.5 Å². The number of amides is 3. The molecule has 2 aromatic rings. The fourth-order valence-electron chi connectivity index (χ4n) is 4.79. The Labute approximate surface area is 224 Å². The molecule has 1 aromatic heterocycles. The van der Waals surface area contributed by atoms with Gasteiger partial charge in [-0.3, -0.25) is 19.3 Å². The summed E-state index contributed by atoms with van der Waals surface area (Å²) in [7, 11) is 0. The quantitative estimate of drug-likeness (QED) is 0.470. The minimum Gasteiger partial charge on any atom is -0.370 e. The van der Waals surface area contributed by atoms with Gasteiger partial charge in [-0.2, -0.15) is 0 Å². The molecule has 0 unspecified atom stereocenters. The molecular weight excluding hydrogens is 519 g/mol. The van der Waals surface area contributed by atoms with Gasteiger partial charge in [-0.1, -0.05) is 18.0 Å². The van der Waals surface area contributed by atoms with Crippen LogP contribution >= 0.6 is 22.9 Å². The maximum atomic E-state index is 15.0. The predicted octanol–water partition coefficient (Wildman–Crippen LogP) is 3.91. The van der Waals surface area contributed by atoms with Crippen LogP contribution in [0, 0.1) is 11.7 Å². The van der Waals surface area contributed by atoms with Crippen LogP contribution in [0.1, 0.15) is 41.8 Å². The van der Waals surface area contributed by atoms with E-state index in [9.17, 15) is 18.8 Å². The Morgan fingerprint density at radius 3 is 2.65 bits per heavy atom. The van der Waals surface area contributed by atoms with Crippen molar-refractivity contribution in [3.8, 4) is 0 Å². The fourth-order valence-corrected chi connectivity index (χ4v) is 5.75. The normalized spacial score (nSPS) is 19.0. The topological polar surface area (TPSA) is 91.0 Å². The summed E-state index contributed by atoms with van der Waals surface area (Å²) in [4.78, 5) is 42.4. The summed E-state index contributed by atoms with van der Waals surface area (Å²) in [5.41, 5.74) is 0.460. The van der Waals surface area contributed by atoms with Crippen molar-refractivity contribution in [2.24, 2.45) is 5.92 Å². The molecule has 2 N–H and O–H groups in total. The molecule has 2 saturated carbocycles. The molecule has 2 heterocycles. The average Bonchev–Trinajstić information content (AvgIpc) is 3.59. The third kappa shape index (κ3) is 6.31. The standard InChI is InChI=1S/C26H30ClFN4O4S/c27-23-9-8-22(37-23)26(35)29-13-21(32(18-5-6-18)14-16-2-1-3-16)25(34)30-17-4-7-20(19(28)12-17)31-10-11-36-15-24(31)33/h4,7-9,12,16,18,21H,1-3,5-6,10-11,13-15H2,(H,29,35)(H,30,34)/t21-/m1/s1. The van der Waals surface area contributed by atoms with Crippen LogP contribution in [0.2, 0.25) is 4.34 Å². The molecule has 1 aliphatic heterocycles. The van der Waals surface area contributed by atoms with Crippen LogP contribution in [-0.2, 0) is 14.3 Å². The van der Waals surface area contributed by atoms with Crippen molar-refractivity contribution >= 4 is 52.0 Å². The van der Waals surface area contributed by atoms with E-state index in [0.717, 1.165) is 32.2 Å². The van der Waals surface area contributed by atoms with Gasteiger partial charge in [0.1, 0.15) is 18.5 Å². The Hall–Kier alpha value is -2.53. The lowest BCUT2D eigenvalue weighted by Crippen LogP contribution is -2.53. The van der Waals surface area contributed by atoms with Crippen LogP contribution in [0.5, 0.6) is 0 Å². The number of rotatable bonds is 10. The monoisotopic (exact) mass is 548 g/mol. The lowest BCUT2D eigenvalue weighted by molar-refractivity contribution is -0.125. The molecule has 3 amide bonds. The summed E-state index contributed by atoms with van der Waals surface area (Å²) >= 11 is 7.16. The van der Waals surface area contributed by atoms with Crippen LogP contribution < -0.4 is 15.5 Å². The Bertz CT molecular complexity index is 1170. The highest BCUT2D eigenvalue weighted by Crippen LogP contribution is 2.35. The van der Waals surface area contributed by atoms with Gasteiger partial charge < -0.3 is 20.3 Å². The van der Waals surface area contributed by atoms with E-state index in [1.165, 1.54) is 34.8 Å². The van der Waals surface area contributed by atoms with Crippen molar-refractivity contribution in [3.05, 3.63) is 45.4 Å².